The molecule has 0 unspecified atom stereocenters. The molecular weight excluding hydrogens is 232 g/mol. The summed E-state index contributed by atoms with van der Waals surface area (Å²) >= 11 is 1.43. The first-order valence-corrected chi connectivity index (χ1v) is 5.95. The number of thiophene rings is 1. The largest absolute Gasteiger partial charge is 0.297 e. The van der Waals surface area contributed by atoms with Crippen molar-refractivity contribution in [3.8, 4) is 10.6 Å². The smallest absolute Gasteiger partial charge is 0.160 e. The molecule has 0 bridgehead atoms. The first-order valence-electron chi connectivity index (χ1n) is 5.13. The highest BCUT2D eigenvalue weighted by molar-refractivity contribution is 7.17. The Balaban J connectivity index is 2.26. The minimum absolute atomic E-state index is 0.703. The van der Waals surface area contributed by atoms with Crippen LogP contribution in [0.25, 0.3) is 21.5 Å². The van der Waals surface area contributed by atoms with E-state index in [1.807, 2.05) is 24.3 Å². The van der Waals surface area contributed by atoms with Crippen molar-refractivity contribution >= 4 is 28.5 Å². The van der Waals surface area contributed by atoms with Gasteiger partial charge in [0.2, 0.25) is 0 Å². The number of pyridine rings is 2. The van der Waals surface area contributed by atoms with Gasteiger partial charge in [-0.05, 0) is 24.3 Å². The summed E-state index contributed by atoms with van der Waals surface area (Å²) in [4.78, 5) is 21.1. The van der Waals surface area contributed by atoms with Crippen LogP contribution in [-0.4, -0.2) is 16.3 Å². The number of hydrogen-bond donors (Lipinski definition) is 0. The van der Waals surface area contributed by atoms with Gasteiger partial charge in [-0.15, -0.1) is 11.3 Å². The molecule has 3 rings (SSSR count). The molecule has 0 aliphatic carbocycles. The molecule has 0 aliphatic rings. The Morgan fingerprint density at radius 1 is 1.06 bits per heavy atom. The van der Waals surface area contributed by atoms with Gasteiger partial charge in [0.1, 0.15) is 5.69 Å². The van der Waals surface area contributed by atoms with E-state index in [4.69, 9.17) is 0 Å². The maximum atomic E-state index is 10.7. The van der Waals surface area contributed by atoms with E-state index in [-0.39, 0.29) is 0 Å². The number of carbonyl (C=O) groups excluding carboxylic acids is 1. The molecule has 3 aromatic heterocycles. The maximum Gasteiger partial charge on any atom is 0.160 e. The van der Waals surface area contributed by atoms with Crippen LogP contribution in [0, 0.1) is 0 Å². The van der Waals surface area contributed by atoms with Crippen LogP contribution in [0.15, 0.2) is 42.7 Å². The zero-order valence-electron chi connectivity index (χ0n) is 8.83. The Hall–Kier alpha value is -2.07. The van der Waals surface area contributed by atoms with Gasteiger partial charge in [0.25, 0.3) is 0 Å². The summed E-state index contributed by atoms with van der Waals surface area (Å²) < 4.78 is 0. The number of aldehydes is 1. The molecule has 0 spiro atoms. The summed E-state index contributed by atoms with van der Waals surface area (Å²) in [7, 11) is 0. The summed E-state index contributed by atoms with van der Waals surface area (Å²) in [6.07, 6.45) is 4.37. The highest BCUT2D eigenvalue weighted by atomic mass is 32.1. The van der Waals surface area contributed by atoms with Gasteiger partial charge in [-0.25, -0.2) is 0 Å². The van der Waals surface area contributed by atoms with Gasteiger partial charge in [0, 0.05) is 17.8 Å². The van der Waals surface area contributed by atoms with Gasteiger partial charge in [0.15, 0.2) is 6.29 Å². The van der Waals surface area contributed by atoms with Gasteiger partial charge in [0.05, 0.1) is 15.3 Å². The Bertz CT molecular complexity index is 685. The van der Waals surface area contributed by atoms with Crippen molar-refractivity contribution < 1.29 is 4.79 Å². The van der Waals surface area contributed by atoms with E-state index in [1.165, 1.54) is 11.3 Å². The lowest BCUT2D eigenvalue weighted by molar-refractivity contribution is 0.112. The molecule has 0 amide bonds. The first-order chi connectivity index (χ1) is 8.38. The van der Waals surface area contributed by atoms with Gasteiger partial charge in [-0.2, -0.15) is 0 Å². The molecule has 0 aromatic carbocycles. The van der Waals surface area contributed by atoms with Crippen molar-refractivity contribution in [1.29, 1.82) is 0 Å². The molecule has 3 heterocycles. The Labute approximate surface area is 102 Å². The summed E-state index contributed by atoms with van der Waals surface area (Å²) in [5, 5.41) is 1.05. The molecule has 0 N–H and O–H groups in total. The molecule has 3 aromatic rings. The van der Waals surface area contributed by atoms with E-state index in [0.717, 1.165) is 27.8 Å². The van der Waals surface area contributed by atoms with Crippen LogP contribution < -0.4 is 0 Å². The van der Waals surface area contributed by atoms with E-state index in [2.05, 4.69) is 9.97 Å². The minimum Gasteiger partial charge on any atom is -0.297 e. The topological polar surface area (TPSA) is 42.9 Å². The predicted octanol–water partition coefficient (Wildman–Crippen LogP) is 3.17. The summed E-state index contributed by atoms with van der Waals surface area (Å²) in [5.74, 6) is 0. The summed E-state index contributed by atoms with van der Waals surface area (Å²) in [6.45, 7) is 0. The van der Waals surface area contributed by atoms with Gasteiger partial charge in [-0.1, -0.05) is 6.07 Å². The third-order valence-corrected chi connectivity index (χ3v) is 3.51. The molecule has 3 nitrogen and oxygen atoms in total. The van der Waals surface area contributed by atoms with Gasteiger partial charge >= 0.3 is 0 Å². The lowest BCUT2D eigenvalue weighted by Crippen LogP contribution is -1.85. The molecule has 0 fully saturated rings. The van der Waals surface area contributed by atoms with E-state index in [0.29, 0.717) is 4.88 Å². The van der Waals surface area contributed by atoms with Gasteiger partial charge in [-0.3, -0.25) is 14.8 Å². The molecule has 0 saturated heterocycles. The van der Waals surface area contributed by atoms with Crippen molar-refractivity contribution in [3.05, 3.63) is 47.6 Å². The zero-order valence-corrected chi connectivity index (χ0v) is 9.65. The highest BCUT2D eigenvalue weighted by Crippen LogP contribution is 2.29. The number of fused-ring (bicyclic) bond motifs is 1. The monoisotopic (exact) mass is 240 g/mol. The number of nitrogens with zero attached hydrogens (tertiary/aromatic N) is 2. The molecule has 17 heavy (non-hydrogen) atoms. The van der Waals surface area contributed by atoms with Crippen LogP contribution in [0.3, 0.4) is 0 Å². The van der Waals surface area contributed by atoms with E-state index in [9.17, 15) is 4.79 Å². The fourth-order valence-electron chi connectivity index (χ4n) is 1.73. The maximum absolute atomic E-state index is 10.7. The van der Waals surface area contributed by atoms with Crippen molar-refractivity contribution in [2.24, 2.45) is 0 Å². The van der Waals surface area contributed by atoms with Gasteiger partial charge < -0.3 is 0 Å². The normalized spacial score (nSPS) is 10.6. The molecular formula is C13H8N2OS. The summed E-state index contributed by atoms with van der Waals surface area (Å²) in [5.41, 5.74) is 1.70. The van der Waals surface area contributed by atoms with Crippen LogP contribution in [0.5, 0.6) is 0 Å². The fraction of sp³-hybridized carbons (Fsp3) is 0. The van der Waals surface area contributed by atoms with Crippen molar-refractivity contribution in [2.75, 3.05) is 0 Å². The average molecular weight is 240 g/mol. The number of aromatic nitrogens is 2. The second kappa shape index (κ2) is 4.07. The van der Waals surface area contributed by atoms with Crippen LogP contribution in [0.2, 0.25) is 0 Å². The Kier molecular flexibility index (Phi) is 2.42. The standard InChI is InChI=1S/C13H8N2OS/c16-8-10-3-4-11(17-10)13-12-9(5-7-15-13)2-1-6-14-12/h1-8H. The van der Waals surface area contributed by atoms with Crippen LogP contribution in [0.1, 0.15) is 9.67 Å². The summed E-state index contributed by atoms with van der Waals surface area (Å²) in [6, 6.07) is 9.54. The van der Waals surface area contributed by atoms with Crippen molar-refractivity contribution in [3.63, 3.8) is 0 Å². The predicted molar refractivity (Wildman–Crippen MR) is 68.2 cm³/mol. The molecule has 0 saturated carbocycles. The highest BCUT2D eigenvalue weighted by Gasteiger charge is 2.08. The third kappa shape index (κ3) is 1.72. The second-order valence-electron chi connectivity index (χ2n) is 3.55. The van der Waals surface area contributed by atoms with Crippen LogP contribution in [-0.2, 0) is 0 Å². The second-order valence-corrected chi connectivity index (χ2v) is 4.67. The molecule has 82 valence electrons. The molecule has 4 heteroatoms. The minimum atomic E-state index is 0.703. The number of hydrogen-bond acceptors (Lipinski definition) is 4. The third-order valence-electron chi connectivity index (χ3n) is 2.50. The van der Waals surface area contributed by atoms with Crippen LogP contribution in [0.4, 0.5) is 0 Å². The molecule has 0 radical (unpaired) electrons. The quantitative estimate of drug-likeness (QED) is 0.646. The van der Waals surface area contributed by atoms with E-state index >= 15 is 0 Å². The Morgan fingerprint density at radius 2 is 2.00 bits per heavy atom. The zero-order chi connectivity index (χ0) is 11.7. The lowest BCUT2D eigenvalue weighted by Gasteiger charge is -2.01. The average Bonchev–Trinajstić information content (AvgIpc) is 2.87. The Morgan fingerprint density at radius 3 is 2.82 bits per heavy atom. The first kappa shape index (κ1) is 10.1. The van der Waals surface area contributed by atoms with Crippen molar-refractivity contribution in [2.45, 2.75) is 0 Å². The number of rotatable bonds is 2. The van der Waals surface area contributed by atoms with E-state index in [1.54, 1.807) is 18.5 Å². The lowest BCUT2D eigenvalue weighted by atomic mass is 10.2. The van der Waals surface area contributed by atoms with Crippen LogP contribution >= 0.6 is 11.3 Å². The van der Waals surface area contributed by atoms with E-state index < -0.39 is 0 Å². The molecule has 0 atom stereocenters. The number of carbonyl (C=O) groups is 1. The molecule has 0 aliphatic heterocycles. The van der Waals surface area contributed by atoms with Crippen molar-refractivity contribution in [1.82, 2.24) is 9.97 Å². The fourth-order valence-corrected chi connectivity index (χ4v) is 2.55. The SMILES string of the molecule is O=Cc1ccc(-c2nccc3cccnc23)s1.